The second-order valence-corrected chi connectivity index (χ2v) is 8.78. The van der Waals surface area contributed by atoms with Crippen LogP contribution in [0.5, 0.6) is 0 Å². The molecular weight excluding hydrogens is 364 g/mol. The van der Waals surface area contributed by atoms with Gasteiger partial charge >= 0.3 is 0 Å². The first kappa shape index (κ1) is 16.4. The molecular formula is C18H20N6S2. The van der Waals surface area contributed by atoms with Gasteiger partial charge < -0.3 is 9.13 Å². The van der Waals surface area contributed by atoms with E-state index in [-0.39, 0.29) is 0 Å². The van der Waals surface area contributed by atoms with Crippen molar-refractivity contribution in [1.82, 2.24) is 29.5 Å². The average molecular weight is 385 g/mol. The molecule has 0 unspecified atom stereocenters. The molecule has 5 rings (SSSR count). The van der Waals surface area contributed by atoms with Crippen molar-refractivity contribution in [2.75, 3.05) is 0 Å². The lowest BCUT2D eigenvalue weighted by Gasteiger charge is -2.06. The maximum Gasteiger partial charge on any atom is 0.191 e. The van der Waals surface area contributed by atoms with E-state index in [0.717, 1.165) is 21.8 Å². The van der Waals surface area contributed by atoms with Gasteiger partial charge in [-0.15, -0.1) is 20.4 Å². The molecule has 0 spiro atoms. The quantitative estimate of drug-likeness (QED) is 0.544. The molecule has 2 aliphatic rings. The highest BCUT2D eigenvalue weighted by molar-refractivity contribution is 7.98. The normalized spacial score (nSPS) is 16.9. The first-order valence-corrected chi connectivity index (χ1v) is 11.0. The topological polar surface area (TPSA) is 61.4 Å². The van der Waals surface area contributed by atoms with Gasteiger partial charge in [0.05, 0.1) is 0 Å². The molecule has 2 saturated carbocycles. The molecule has 2 fully saturated rings. The number of thioether (sulfide) groups is 2. The van der Waals surface area contributed by atoms with E-state index in [1.54, 1.807) is 23.5 Å². The Balaban J connectivity index is 1.16. The predicted molar refractivity (Wildman–Crippen MR) is 102 cm³/mol. The van der Waals surface area contributed by atoms with Crippen LogP contribution in [0.1, 0.15) is 48.9 Å². The van der Waals surface area contributed by atoms with Crippen LogP contribution in [0.3, 0.4) is 0 Å². The predicted octanol–water partition coefficient (Wildman–Crippen LogP) is 4.12. The third kappa shape index (κ3) is 3.66. The Bertz CT molecular complexity index is 806. The lowest BCUT2D eigenvalue weighted by atomic mass is 10.2. The first-order chi connectivity index (χ1) is 12.9. The van der Waals surface area contributed by atoms with Crippen molar-refractivity contribution in [3.8, 4) is 0 Å². The Morgan fingerprint density at radius 1 is 0.731 bits per heavy atom. The van der Waals surface area contributed by atoms with E-state index < -0.39 is 0 Å². The molecule has 26 heavy (non-hydrogen) atoms. The van der Waals surface area contributed by atoms with Gasteiger partial charge in [0.25, 0.3) is 0 Å². The Morgan fingerprint density at radius 2 is 1.15 bits per heavy atom. The second-order valence-electron chi connectivity index (χ2n) is 6.90. The zero-order valence-electron chi connectivity index (χ0n) is 14.4. The van der Waals surface area contributed by atoms with Crippen LogP contribution in [0, 0.1) is 0 Å². The zero-order chi connectivity index (χ0) is 17.3. The molecule has 0 saturated heterocycles. The van der Waals surface area contributed by atoms with Crippen molar-refractivity contribution < 1.29 is 0 Å². The third-order valence-electron chi connectivity index (χ3n) is 4.72. The van der Waals surface area contributed by atoms with Gasteiger partial charge in [-0.3, -0.25) is 0 Å². The number of hydrogen-bond acceptors (Lipinski definition) is 6. The monoisotopic (exact) mass is 384 g/mol. The van der Waals surface area contributed by atoms with E-state index in [9.17, 15) is 0 Å². The SMILES string of the molecule is c1cc(CSc2nncn2C2CC2)ccc1CSc1nncn1C1CC1. The number of nitrogens with zero attached hydrogens (tertiary/aromatic N) is 6. The smallest absolute Gasteiger partial charge is 0.191 e. The Labute approximate surface area is 160 Å². The van der Waals surface area contributed by atoms with Crippen molar-refractivity contribution in [3.63, 3.8) is 0 Å². The van der Waals surface area contributed by atoms with Crippen LogP contribution in [-0.4, -0.2) is 29.5 Å². The summed E-state index contributed by atoms with van der Waals surface area (Å²) in [5.41, 5.74) is 2.63. The van der Waals surface area contributed by atoms with Crippen molar-refractivity contribution in [2.24, 2.45) is 0 Å². The van der Waals surface area contributed by atoms with Crippen molar-refractivity contribution in [2.45, 2.75) is 59.6 Å². The van der Waals surface area contributed by atoms with E-state index in [0.29, 0.717) is 12.1 Å². The van der Waals surface area contributed by atoms with Crippen LogP contribution in [-0.2, 0) is 11.5 Å². The van der Waals surface area contributed by atoms with Crippen molar-refractivity contribution in [1.29, 1.82) is 0 Å². The highest BCUT2D eigenvalue weighted by Gasteiger charge is 2.27. The van der Waals surface area contributed by atoms with Gasteiger partial charge in [-0.2, -0.15) is 0 Å². The average Bonchev–Trinajstić information content (AvgIpc) is 3.61. The fourth-order valence-corrected chi connectivity index (χ4v) is 4.78. The summed E-state index contributed by atoms with van der Waals surface area (Å²) < 4.78 is 4.43. The zero-order valence-corrected chi connectivity index (χ0v) is 16.0. The molecule has 134 valence electrons. The third-order valence-corrected chi connectivity index (χ3v) is 6.78. The minimum absolute atomic E-state index is 0.629. The molecule has 0 amide bonds. The molecule has 6 nitrogen and oxygen atoms in total. The van der Waals surface area contributed by atoms with E-state index in [4.69, 9.17) is 0 Å². The maximum atomic E-state index is 4.25. The molecule has 1 aromatic carbocycles. The van der Waals surface area contributed by atoms with Gasteiger partial charge in [0.1, 0.15) is 12.7 Å². The largest absolute Gasteiger partial charge is 0.306 e. The Hall–Kier alpha value is -1.80. The molecule has 0 N–H and O–H groups in total. The molecule has 8 heteroatoms. The van der Waals surface area contributed by atoms with Crippen LogP contribution in [0.25, 0.3) is 0 Å². The van der Waals surface area contributed by atoms with Crippen LogP contribution in [0.4, 0.5) is 0 Å². The van der Waals surface area contributed by atoms with Crippen LogP contribution in [0.15, 0.2) is 47.2 Å². The summed E-state index contributed by atoms with van der Waals surface area (Å²) >= 11 is 3.53. The standard InChI is InChI=1S/C18H20N6S2/c1-2-14(10-26-18-22-20-12-24(18)16-7-8-16)4-3-13(1)9-25-17-21-19-11-23(17)15-5-6-15/h1-4,11-12,15-16H,5-10H2. The number of hydrogen-bond donors (Lipinski definition) is 0. The van der Waals surface area contributed by atoms with E-state index in [1.807, 2.05) is 12.7 Å². The molecule has 0 atom stereocenters. The summed E-state index contributed by atoms with van der Waals surface area (Å²) in [6.07, 6.45) is 8.75. The van der Waals surface area contributed by atoms with Gasteiger partial charge in [0.2, 0.25) is 0 Å². The van der Waals surface area contributed by atoms with Crippen LogP contribution < -0.4 is 0 Å². The molecule has 0 radical (unpaired) electrons. The second kappa shape index (κ2) is 7.08. The summed E-state index contributed by atoms with van der Waals surface area (Å²) in [6, 6.07) is 10.1. The molecule has 2 aromatic heterocycles. The summed E-state index contributed by atoms with van der Waals surface area (Å²) in [6.45, 7) is 0. The fraction of sp³-hybridized carbons (Fsp3) is 0.444. The molecule has 0 aliphatic heterocycles. The molecule has 2 heterocycles. The van der Waals surface area contributed by atoms with Gasteiger partial charge in [0.15, 0.2) is 10.3 Å². The first-order valence-electron chi connectivity index (χ1n) is 8.99. The van der Waals surface area contributed by atoms with Crippen LogP contribution in [0.2, 0.25) is 0 Å². The van der Waals surface area contributed by atoms with Gasteiger partial charge in [0, 0.05) is 23.6 Å². The lowest BCUT2D eigenvalue weighted by Crippen LogP contribution is -1.95. The number of aromatic nitrogens is 6. The minimum Gasteiger partial charge on any atom is -0.306 e. The highest BCUT2D eigenvalue weighted by Crippen LogP contribution is 2.38. The highest BCUT2D eigenvalue weighted by atomic mass is 32.2. The molecule has 0 bridgehead atoms. The summed E-state index contributed by atoms with van der Waals surface area (Å²) in [5.74, 6) is 1.85. The van der Waals surface area contributed by atoms with Crippen molar-refractivity contribution >= 4 is 23.5 Å². The summed E-state index contributed by atoms with van der Waals surface area (Å²) in [5, 5.41) is 18.7. The number of rotatable bonds is 8. The Kier molecular flexibility index (Phi) is 4.46. The van der Waals surface area contributed by atoms with Gasteiger partial charge in [-0.1, -0.05) is 47.8 Å². The van der Waals surface area contributed by atoms with E-state index in [2.05, 4.69) is 53.8 Å². The van der Waals surface area contributed by atoms with E-state index in [1.165, 1.54) is 36.8 Å². The fourth-order valence-electron chi connectivity index (χ4n) is 2.90. The van der Waals surface area contributed by atoms with E-state index >= 15 is 0 Å². The number of benzene rings is 1. The van der Waals surface area contributed by atoms with Crippen molar-refractivity contribution in [3.05, 3.63) is 48.0 Å². The minimum atomic E-state index is 0.629. The molecule has 3 aromatic rings. The summed E-state index contributed by atoms with van der Waals surface area (Å²) in [4.78, 5) is 0. The Morgan fingerprint density at radius 3 is 1.54 bits per heavy atom. The van der Waals surface area contributed by atoms with Gasteiger partial charge in [-0.25, -0.2) is 0 Å². The maximum absolute atomic E-state index is 4.25. The molecule has 2 aliphatic carbocycles. The van der Waals surface area contributed by atoms with Gasteiger partial charge in [-0.05, 0) is 36.8 Å². The summed E-state index contributed by atoms with van der Waals surface area (Å²) in [7, 11) is 0. The lowest BCUT2D eigenvalue weighted by molar-refractivity contribution is 0.663. The van der Waals surface area contributed by atoms with Crippen LogP contribution >= 0.6 is 23.5 Å².